The maximum atomic E-state index is 12.4. The highest BCUT2D eigenvalue weighted by molar-refractivity contribution is 8.14. The first-order valence-corrected chi connectivity index (χ1v) is 23.7. The van der Waals surface area contributed by atoms with Gasteiger partial charge in [0.05, 0.1) is 0 Å². The lowest BCUT2D eigenvalue weighted by molar-refractivity contribution is 0.108. The van der Waals surface area contributed by atoms with Crippen LogP contribution in [-0.4, -0.2) is 31.4 Å². The fourth-order valence-corrected chi connectivity index (χ4v) is 8.36. The predicted molar refractivity (Wildman–Crippen MR) is 257 cm³/mol. The summed E-state index contributed by atoms with van der Waals surface area (Å²) in [6, 6.07) is 42.0. The third-order valence-corrected chi connectivity index (χ3v) is 11.7. The summed E-state index contributed by atoms with van der Waals surface area (Å²) in [6.45, 7) is 27.9. The van der Waals surface area contributed by atoms with Crippen LogP contribution < -0.4 is 0 Å². The van der Waals surface area contributed by atoms with Gasteiger partial charge in [0.25, 0.3) is 0 Å². The zero-order valence-corrected chi connectivity index (χ0v) is 39.9. The molecule has 5 aromatic rings. The third kappa shape index (κ3) is 27.1. The van der Waals surface area contributed by atoms with Crippen molar-refractivity contribution >= 4 is 63.9 Å². The van der Waals surface area contributed by atoms with Gasteiger partial charge in [-0.25, -0.2) is 4.39 Å². The summed E-state index contributed by atoms with van der Waals surface area (Å²) in [5.74, 6) is -0.168. The second-order valence-corrected chi connectivity index (χ2v) is 22.5. The molecule has 0 radical (unpaired) electrons. The van der Waals surface area contributed by atoms with E-state index in [-0.39, 0.29) is 10.9 Å². The molecule has 0 saturated carbocycles. The number of aryl methyl sites for hydroxylation is 3. The molecular weight excluding hydrogens is 784 g/mol. The van der Waals surface area contributed by atoms with Gasteiger partial charge >= 0.3 is 0 Å². The van der Waals surface area contributed by atoms with E-state index in [2.05, 4.69) is 149 Å². The average molecular weight is 849 g/mol. The van der Waals surface area contributed by atoms with E-state index >= 15 is 0 Å². The van der Waals surface area contributed by atoms with Crippen molar-refractivity contribution in [3.8, 4) is 0 Å². The van der Waals surface area contributed by atoms with Gasteiger partial charge in [0.15, 0.2) is 0 Å². The van der Waals surface area contributed by atoms with E-state index < -0.39 is 0 Å². The highest BCUT2D eigenvalue weighted by Crippen LogP contribution is 2.25. The first kappa shape index (κ1) is 51.5. The number of rotatable bonds is 10. The summed E-state index contributed by atoms with van der Waals surface area (Å²) in [4.78, 5) is 16.6. The number of hydrogen-bond acceptors (Lipinski definition) is 6. The number of halogens is 1. The van der Waals surface area contributed by atoms with E-state index in [0.29, 0.717) is 26.2 Å². The van der Waals surface area contributed by atoms with Crippen molar-refractivity contribution in [3.05, 3.63) is 155 Å². The van der Waals surface area contributed by atoms with Crippen LogP contribution in [-0.2, 0) is 0 Å². The van der Waals surface area contributed by atoms with Crippen LogP contribution >= 0.6 is 58.8 Å². The van der Waals surface area contributed by atoms with Crippen LogP contribution in [0.15, 0.2) is 147 Å². The minimum Gasteiger partial charge on any atom is -0.282 e. The van der Waals surface area contributed by atoms with Crippen molar-refractivity contribution in [1.29, 1.82) is 0 Å². The molecule has 7 heteroatoms. The monoisotopic (exact) mass is 848 g/mol. The molecule has 0 aliphatic heterocycles. The summed E-state index contributed by atoms with van der Waals surface area (Å²) in [7, 11) is 0. The van der Waals surface area contributed by atoms with Gasteiger partial charge in [0.2, 0.25) is 5.12 Å². The topological polar surface area (TPSA) is 17.1 Å². The molecule has 304 valence electrons. The molecule has 1 nitrogen and oxygen atoms in total. The zero-order chi connectivity index (χ0) is 42.0. The van der Waals surface area contributed by atoms with Gasteiger partial charge in [-0.3, -0.25) is 4.79 Å². The van der Waals surface area contributed by atoms with Gasteiger partial charge in [-0.2, -0.15) is 0 Å². The minimum atomic E-state index is -0.168. The fourth-order valence-electron chi connectivity index (χ4n) is 4.31. The maximum Gasteiger partial charge on any atom is 0.219 e. The van der Waals surface area contributed by atoms with Gasteiger partial charge in [-0.1, -0.05) is 164 Å². The van der Waals surface area contributed by atoms with Crippen LogP contribution in [0.5, 0.6) is 0 Å². The highest BCUT2D eigenvalue weighted by Gasteiger charge is 2.07. The molecule has 0 atom stereocenters. The largest absolute Gasteiger partial charge is 0.282 e. The molecule has 0 heterocycles. The van der Waals surface area contributed by atoms with Crippen molar-refractivity contribution in [2.75, 3.05) is 0 Å². The second kappa shape index (κ2) is 29.6. The zero-order valence-electron chi connectivity index (χ0n) is 35.8. The SMILES string of the molecule is CC(C)SC(=O)c1ccccc1.CC(C)Sc1ccc(F)cc1.Cc1ccc(SC(C)C)cc1.Cc1ccc(SC(C)C)cc1.Cc1ccc(SC(C)C)cc1. The second-order valence-electron chi connectivity index (χ2n) is 14.4. The molecule has 5 aromatic carbocycles. The van der Waals surface area contributed by atoms with Crippen LogP contribution in [0.3, 0.4) is 0 Å². The Morgan fingerprint density at radius 3 is 0.911 bits per heavy atom. The molecular formula is C49H65FOS5. The molecule has 0 unspecified atom stereocenters. The summed E-state index contributed by atoms with van der Waals surface area (Å²) in [6.07, 6.45) is 0. The molecule has 0 amide bonds. The number of carbonyl (C=O) groups excluding carboxylic acids is 1. The van der Waals surface area contributed by atoms with Crippen molar-refractivity contribution in [1.82, 2.24) is 0 Å². The quantitative estimate of drug-likeness (QED) is 0.129. The van der Waals surface area contributed by atoms with Crippen LogP contribution in [0, 0.1) is 26.6 Å². The molecule has 0 bridgehead atoms. The first-order valence-electron chi connectivity index (χ1n) is 19.3. The Hall–Kier alpha value is -2.55. The van der Waals surface area contributed by atoms with Crippen molar-refractivity contribution in [2.24, 2.45) is 0 Å². The summed E-state index contributed by atoms with van der Waals surface area (Å²) >= 11 is 8.83. The molecule has 0 saturated heterocycles. The van der Waals surface area contributed by atoms with E-state index in [0.717, 1.165) is 10.5 Å². The standard InChI is InChI=1S/C10H12OS.3C10H14S.C9H11FS/c1-8(2)12-10(11)9-6-4-3-5-7-9;3*1-8(2)11-10-6-4-9(3)5-7-10;1-7(2)11-9-5-3-8(10)4-6-9/h3-8H,1-2H3;3*4-8H,1-3H3;3-7H,1-2H3. The fraction of sp³-hybridized carbons (Fsp3) is 0.367. The van der Waals surface area contributed by atoms with Gasteiger partial charge in [0, 0.05) is 51.4 Å². The van der Waals surface area contributed by atoms with Crippen LogP contribution in [0.25, 0.3) is 0 Å². The first-order chi connectivity index (χ1) is 26.4. The number of hydrogen-bond donors (Lipinski definition) is 0. The number of thioether (sulfide) groups is 5. The molecule has 5 rings (SSSR count). The van der Waals surface area contributed by atoms with Gasteiger partial charge in [-0.05, 0) is 81.4 Å². The summed E-state index contributed by atoms with van der Waals surface area (Å²) < 4.78 is 12.4. The normalized spacial score (nSPS) is 10.5. The molecule has 0 aliphatic rings. The van der Waals surface area contributed by atoms with Gasteiger partial charge in [0.1, 0.15) is 5.82 Å². The van der Waals surface area contributed by atoms with Crippen LogP contribution in [0.2, 0.25) is 0 Å². The molecule has 0 spiro atoms. The van der Waals surface area contributed by atoms with Crippen molar-refractivity contribution in [2.45, 2.75) is 136 Å². The van der Waals surface area contributed by atoms with Gasteiger partial charge in [-0.15, -0.1) is 47.0 Å². The molecule has 0 N–H and O–H groups in total. The lowest BCUT2D eigenvalue weighted by Gasteiger charge is -2.03. The predicted octanol–water partition coefficient (Wildman–Crippen LogP) is 16.8. The molecule has 56 heavy (non-hydrogen) atoms. The van der Waals surface area contributed by atoms with E-state index in [9.17, 15) is 9.18 Å². The van der Waals surface area contributed by atoms with Crippen molar-refractivity contribution in [3.63, 3.8) is 0 Å². The van der Waals surface area contributed by atoms with Crippen LogP contribution in [0.1, 0.15) is 96.3 Å². The summed E-state index contributed by atoms with van der Waals surface area (Å²) in [5.41, 5.74) is 4.78. The van der Waals surface area contributed by atoms with Crippen molar-refractivity contribution < 1.29 is 9.18 Å². The van der Waals surface area contributed by atoms with E-state index in [1.54, 1.807) is 23.9 Å². The summed E-state index contributed by atoms with van der Waals surface area (Å²) in [5, 5.41) is 3.11. The smallest absolute Gasteiger partial charge is 0.219 e. The molecule has 0 aliphatic carbocycles. The molecule has 0 fully saturated rings. The number of carbonyl (C=O) groups is 1. The Morgan fingerprint density at radius 2 is 0.661 bits per heavy atom. The van der Waals surface area contributed by atoms with E-state index in [4.69, 9.17) is 0 Å². The molecule has 0 aromatic heterocycles. The van der Waals surface area contributed by atoms with Crippen LogP contribution in [0.4, 0.5) is 4.39 Å². The third-order valence-electron chi connectivity index (χ3n) is 6.72. The maximum absolute atomic E-state index is 12.4. The Kier molecular flexibility index (Phi) is 27.2. The average Bonchev–Trinajstić information content (AvgIpc) is 3.13. The Bertz CT molecular complexity index is 1510. The van der Waals surface area contributed by atoms with E-state index in [1.807, 2.05) is 79.5 Å². The Morgan fingerprint density at radius 1 is 0.393 bits per heavy atom. The highest BCUT2D eigenvalue weighted by atomic mass is 32.2. The lowest BCUT2D eigenvalue weighted by atomic mass is 10.2. The van der Waals surface area contributed by atoms with E-state index in [1.165, 1.54) is 55.3 Å². The Balaban J connectivity index is 0.000000350. The Labute approximate surface area is 362 Å². The number of benzene rings is 5. The lowest BCUT2D eigenvalue weighted by Crippen LogP contribution is -1.98. The minimum absolute atomic E-state index is 0.158. The van der Waals surface area contributed by atoms with Gasteiger partial charge < -0.3 is 0 Å².